The fourth-order valence-corrected chi connectivity index (χ4v) is 4.04. The summed E-state index contributed by atoms with van der Waals surface area (Å²) in [7, 11) is 0. The first kappa shape index (κ1) is 21.8. The minimum absolute atomic E-state index is 0.127. The average Bonchev–Trinajstić information content (AvgIpc) is 2.85. The maximum atomic E-state index is 12.4. The zero-order valence-corrected chi connectivity index (χ0v) is 18.5. The molecule has 162 valence electrons. The molecular formula is C27H25NO3S. The quantitative estimate of drug-likeness (QED) is 0.248. The molecule has 0 saturated carbocycles. The van der Waals surface area contributed by atoms with Crippen LogP contribution in [0.15, 0.2) is 102 Å². The van der Waals surface area contributed by atoms with E-state index in [1.54, 1.807) is 23.9 Å². The molecule has 0 saturated heterocycles. The van der Waals surface area contributed by atoms with Crippen molar-refractivity contribution in [1.29, 1.82) is 0 Å². The van der Waals surface area contributed by atoms with Crippen molar-refractivity contribution in [2.45, 2.75) is 4.90 Å². The molecular weight excluding hydrogens is 418 g/mol. The van der Waals surface area contributed by atoms with E-state index in [0.717, 1.165) is 28.0 Å². The highest BCUT2D eigenvalue weighted by molar-refractivity contribution is 7.99. The fraction of sp³-hybridized carbons (Fsp3) is 0.148. The van der Waals surface area contributed by atoms with Gasteiger partial charge in [0.1, 0.15) is 18.1 Å². The van der Waals surface area contributed by atoms with Crippen LogP contribution in [0.2, 0.25) is 0 Å². The van der Waals surface area contributed by atoms with Crippen molar-refractivity contribution < 1.29 is 14.3 Å². The Morgan fingerprint density at radius 3 is 2.34 bits per heavy atom. The number of amides is 1. The Balaban J connectivity index is 1.18. The van der Waals surface area contributed by atoms with E-state index in [-0.39, 0.29) is 5.91 Å². The molecule has 0 aliphatic rings. The second-order valence-electron chi connectivity index (χ2n) is 7.12. The molecule has 0 aliphatic carbocycles. The van der Waals surface area contributed by atoms with E-state index in [0.29, 0.717) is 25.3 Å². The fourth-order valence-electron chi connectivity index (χ4n) is 3.29. The monoisotopic (exact) mass is 443 g/mol. The molecule has 4 rings (SSSR count). The Labute approximate surface area is 192 Å². The molecule has 5 heteroatoms. The first-order valence-electron chi connectivity index (χ1n) is 10.6. The summed E-state index contributed by atoms with van der Waals surface area (Å²) < 4.78 is 11.6. The maximum absolute atomic E-state index is 12.4. The lowest BCUT2D eigenvalue weighted by Crippen LogP contribution is -2.28. The maximum Gasteiger partial charge on any atom is 0.251 e. The Kier molecular flexibility index (Phi) is 7.66. The lowest BCUT2D eigenvalue weighted by molar-refractivity contribution is 0.0947. The second kappa shape index (κ2) is 11.3. The molecule has 0 heterocycles. The SMILES string of the molecule is O=C(NCCOc1cccc2ccccc12)c1ccc(OCCSc2ccccc2)cc1. The number of nitrogens with one attached hydrogen (secondary N) is 1. The van der Waals surface area contributed by atoms with Crippen LogP contribution in [0.1, 0.15) is 10.4 Å². The van der Waals surface area contributed by atoms with Crippen molar-refractivity contribution >= 4 is 28.4 Å². The number of carbonyl (C=O) groups is 1. The molecule has 0 spiro atoms. The van der Waals surface area contributed by atoms with Gasteiger partial charge in [0.2, 0.25) is 0 Å². The molecule has 0 fully saturated rings. The van der Waals surface area contributed by atoms with Gasteiger partial charge in [-0.1, -0.05) is 54.6 Å². The van der Waals surface area contributed by atoms with Crippen molar-refractivity contribution in [3.05, 3.63) is 103 Å². The minimum Gasteiger partial charge on any atom is -0.493 e. The Morgan fingerprint density at radius 2 is 1.50 bits per heavy atom. The van der Waals surface area contributed by atoms with Crippen molar-refractivity contribution in [2.24, 2.45) is 0 Å². The molecule has 4 nitrogen and oxygen atoms in total. The summed E-state index contributed by atoms with van der Waals surface area (Å²) in [5, 5.41) is 5.10. The topological polar surface area (TPSA) is 47.6 Å². The summed E-state index contributed by atoms with van der Waals surface area (Å²) in [5.41, 5.74) is 0.598. The van der Waals surface area contributed by atoms with Crippen LogP contribution in [-0.4, -0.2) is 31.4 Å². The first-order valence-corrected chi connectivity index (χ1v) is 11.6. The summed E-state index contributed by atoms with van der Waals surface area (Å²) in [6.45, 7) is 1.44. The predicted octanol–water partition coefficient (Wildman–Crippen LogP) is 5.82. The average molecular weight is 444 g/mol. The highest BCUT2D eigenvalue weighted by Gasteiger charge is 2.06. The van der Waals surface area contributed by atoms with Gasteiger partial charge in [-0.05, 0) is 47.9 Å². The largest absolute Gasteiger partial charge is 0.493 e. The Hall–Kier alpha value is -3.44. The summed E-state index contributed by atoms with van der Waals surface area (Å²) in [4.78, 5) is 13.6. The van der Waals surface area contributed by atoms with Crippen LogP contribution in [-0.2, 0) is 0 Å². The predicted molar refractivity (Wildman–Crippen MR) is 131 cm³/mol. The standard InChI is InChI=1S/C27H25NO3S/c29-27(28-17-18-31-26-12-6-8-21-7-4-5-11-25(21)26)22-13-15-23(16-14-22)30-19-20-32-24-9-2-1-3-10-24/h1-16H,17-20H2,(H,28,29). The third-order valence-corrected chi connectivity index (χ3v) is 5.85. The third-order valence-electron chi connectivity index (χ3n) is 4.88. The van der Waals surface area contributed by atoms with Crippen LogP contribution in [0.5, 0.6) is 11.5 Å². The molecule has 0 bridgehead atoms. The van der Waals surface area contributed by atoms with Gasteiger partial charge in [0.15, 0.2) is 0 Å². The van der Waals surface area contributed by atoms with Crippen molar-refractivity contribution in [3.8, 4) is 11.5 Å². The minimum atomic E-state index is -0.127. The number of ether oxygens (including phenoxy) is 2. The van der Waals surface area contributed by atoms with Gasteiger partial charge in [-0.15, -0.1) is 11.8 Å². The van der Waals surface area contributed by atoms with Gasteiger partial charge >= 0.3 is 0 Å². The van der Waals surface area contributed by atoms with Gasteiger partial charge < -0.3 is 14.8 Å². The molecule has 0 aliphatic heterocycles. The molecule has 32 heavy (non-hydrogen) atoms. The molecule has 4 aromatic carbocycles. The lowest BCUT2D eigenvalue weighted by atomic mass is 10.1. The Morgan fingerprint density at radius 1 is 0.750 bits per heavy atom. The van der Waals surface area contributed by atoms with Gasteiger partial charge in [0.05, 0.1) is 13.2 Å². The summed E-state index contributed by atoms with van der Waals surface area (Å²) in [6, 6.07) is 31.5. The van der Waals surface area contributed by atoms with Crippen molar-refractivity contribution in [2.75, 3.05) is 25.5 Å². The smallest absolute Gasteiger partial charge is 0.251 e. The molecule has 0 unspecified atom stereocenters. The van der Waals surface area contributed by atoms with E-state index >= 15 is 0 Å². The number of carbonyl (C=O) groups excluding carboxylic acids is 1. The molecule has 0 aromatic heterocycles. The van der Waals surface area contributed by atoms with E-state index in [9.17, 15) is 4.79 Å². The van der Waals surface area contributed by atoms with Gasteiger partial charge in [0, 0.05) is 21.6 Å². The van der Waals surface area contributed by atoms with Crippen LogP contribution >= 0.6 is 11.8 Å². The van der Waals surface area contributed by atoms with Crippen molar-refractivity contribution in [1.82, 2.24) is 5.32 Å². The highest BCUT2D eigenvalue weighted by atomic mass is 32.2. The van der Waals surface area contributed by atoms with E-state index in [1.165, 1.54) is 4.90 Å². The number of thioether (sulfide) groups is 1. The number of hydrogen-bond acceptors (Lipinski definition) is 4. The second-order valence-corrected chi connectivity index (χ2v) is 8.28. The number of fused-ring (bicyclic) bond motifs is 1. The van der Waals surface area contributed by atoms with Crippen LogP contribution in [0.25, 0.3) is 10.8 Å². The molecule has 0 atom stereocenters. The summed E-state index contributed by atoms with van der Waals surface area (Å²) in [5.74, 6) is 2.32. The third kappa shape index (κ3) is 6.05. The molecule has 1 amide bonds. The van der Waals surface area contributed by atoms with E-state index in [2.05, 4.69) is 29.6 Å². The zero-order valence-electron chi connectivity index (χ0n) is 17.7. The van der Waals surface area contributed by atoms with Crippen LogP contribution in [0.4, 0.5) is 0 Å². The van der Waals surface area contributed by atoms with Crippen LogP contribution < -0.4 is 14.8 Å². The molecule has 0 radical (unpaired) electrons. The van der Waals surface area contributed by atoms with Crippen LogP contribution in [0.3, 0.4) is 0 Å². The zero-order chi connectivity index (χ0) is 22.0. The lowest BCUT2D eigenvalue weighted by Gasteiger charge is -2.11. The van der Waals surface area contributed by atoms with E-state index in [1.807, 2.05) is 60.7 Å². The normalized spacial score (nSPS) is 10.6. The van der Waals surface area contributed by atoms with Gasteiger partial charge in [-0.25, -0.2) is 0 Å². The Bertz CT molecular complexity index is 1140. The number of rotatable bonds is 10. The first-order chi connectivity index (χ1) is 15.8. The number of hydrogen-bond donors (Lipinski definition) is 1. The summed E-state index contributed by atoms with van der Waals surface area (Å²) in [6.07, 6.45) is 0. The van der Waals surface area contributed by atoms with Crippen LogP contribution in [0, 0.1) is 0 Å². The number of benzene rings is 4. The molecule has 4 aromatic rings. The molecule has 1 N–H and O–H groups in total. The van der Waals surface area contributed by atoms with Gasteiger partial charge in [0.25, 0.3) is 5.91 Å². The van der Waals surface area contributed by atoms with Gasteiger partial charge in [-0.2, -0.15) is 0 Å². The van der Waals surface area contributed by atoms with Gasteiger partial charge in [-0.3, -0.25) is 4.79 Å². The van der Waals surface area contributed by atoms with Crippen molar-refractivity contribution in [3.63, 3.8) is 0 Å². The summed E-state index contributed by atoms with van der Waals surface area (Å²) >= 11 is 1.76. The van der Waals surface area contributed by atoms with E-state index in [4.69, 9.17) is 9.47 Å². The van der Waals surface area contributed by atoms with E-state index < -0.39 is 0 Å². The highest BCUT2D eigenvalue weighted by Crippen LogP contribution is 2.25.